The SMILES string of the molecule is CCc1c(CN2CCOCC2)cccc1Nc1c(C(N)=O)cnc2nc(-c3ccc(OC)cc3)[nH]c12. The number of methoxy groups -OCH3 is 1. The Morgan fingerprint density at radius 1 is 1.19 bits per heavy atom. The molecule has 1 amide bonds. The number of aromatic nitrogens is 3. The molecule has 4 aromatic rings. The molecule has 36 heavy (non-hydrogen) atoms. The van der Waals surface area contributed by atoms with Crippen molar-refractivity contribution >= 4 is 28.4 Å². The number of benzene rings is 2. The quantitative estimate of drug-likeness (QED) is 0.346. The van der Waals surface area contributed by atoms with Gasteiger partial charge in [0.1, 0.15) is 17.1 Å². The Bertz CT molecular complexity index is 1380. The van der Waals surface area contributed by atoms with E-state index in [-0.39, 0.29) is 0 Å². The van der Waals surface area contributed by atoms with Crippen LogP contribution >= 0.6 is 0 Å². The van der Waals surface area contributed by atoms with Gasteiger partial charge in [-0.3, -0.25) is 9.69 Å². The number of amides is 1. The van der Waals surface area contributed by atoms with E-state index in [4.69, 9.17) is 15.2 Å². The number of carbonyl (C=O) groups is 1. The van der Waals surface area contributed by atoms with Gasteiger partial charge in [0.15, 0.2) is 5.65 Å². The Hall–Kier alpha value is -3.95. The second kappa shape index (κ2) is 10.3. The number of morpholine rings is 1. The van der Waals surface area contributed by atoms with Crippen molar-refractivity contribution in [3.63, 3.8) is 0 Å². The lowest BCUT2D eigenvalue weighted by molar-refractivity contribution is 0.0341. The second-order valence-electron chi connectivity index (χ2n) is 8.73. The highest BCUT2D eigenvalue weighted by Gasteiger charge is 2.20. The third kappa shape index (κ3) is 4.75. The van der Waals surface area contributed by atoms with E-state index in [1.54, 1.807) is 7.11 Å². The van der Waals surface area contributed by atoms with Crippen LogP contribution in [-0.2, 0) is 17.7 Å². The van der Waals surface area contributed by atoms with Crippen LogP contribution in [0, 0.1) is 0 Å². The summed E-state index contributed by atoms with van der Waals surface area (Å²) in [7, 11) is 1.63. The van der Waals surface area contributed by atoms with Crippen LogP contribution in [0.25, 0.3) is 22.6 Å². The van der Waals surface area contributed by atoms with E-state index < -0.39 is 5.91 Å². The number of primary amides is 1. The molecule has 0 saturated carbocycles. The number of pyridine rings is 1. The molecule has 9 nitrogen and oxygen atoms in total. The number of H-pyrrole nitrogens is 1. The van der Waals surface area contributed by atoms with Crippen LogP contribution in [0.2, 0.25) is 0 Å². The van der Waals surface area contributed by atoms with Crippen molar-refractivity contribution < 1.29 is 14.3 Å². The Morgan fingerprint density at radius 3 is 2.67 bits per heavy atom. The number of nitrogens with one attached hydrogen (secondary N) is 2. The number of anilines is 2. The monoisotopic (exact) mass is 486 g/mol. The number of hydrogen-bond donors (Lipinski definition) is 3. The third-order valence-electron chi connectivity index (χ3n) is 6.53. The largest absolute Gasteiger partial charge is 0.497 e. The Kier molecular flexibility index (Phi) is 6.84. The van der Waals surface area contributed by atoms with Crippen molar-refractivity contribution in [1.82, 2.24) is 19.9 Å². The highest BCUT2D eigenvalue weighted by molar-refractivity contribution is 6.06. The van der Waals surface area contributed by atoms with Gasteiger partial charge in [0.05, 0.1) is 31.6 Å². The maximum atomic E-state index is 12.4. The summed E-state index contributed by atoms with van der Waals surface area (Å²) >= 11 is 0. The van der Waals surface area contributed by atoms with Gasteiger partial charge in [-0.25, -0.2) is 9.97 Å². The van der Waals surface area contributed by atoms with Gasteiger partial charge in [0.25, 0.3) is 5.91 Å². The summed E-state index contributed by atoms with van der Waals surface area (Å²) in [6, 6.07) is 13.8. The molecule has 0 unspecified atom stereocenters. The second-order valence-corrected chi connectivity index (χ2v) is 8.73. The van der Waals surface area contributed by atoms with Gasteiger partial charge < -0.3 is 25.5 Å². The number of carbonyl (C=O) groups excluding carboxylic acids is 1. The summed E-state index contributed by atoms with van der Waals surface area (Å²) in [6.07, 6.45) is 2.32. The number of nitrogens with two attached hydrogens (primary N) is 1. The number of nitrogens with zero attached hydrogens (tertiary/aromatic N) is 3. The van der Waals surface area contributed by atoms with Crippen LogP contribution in [0.3, 0.4) is 0 Å². The molecule has 1 saturated heterocycles. The maximum absolute atomic E-state index is 12.4. The summed E-state index contributed by atoms with van der Waals surface area (Å²) in [5.41, 5.74) is 12.0. The number of fused-ring (bicyclic) bond motifs is 1. The average Bonchev–Trinajstić information content (AvgIpc) is 3.34. The summed E-state index contributed by atoms with van der Waals surface area (Å²) in [6.45, 7) is 6.33. The fraction of sp³-hybridized carbons (Fsp3) is 0.296. The molecular formula is C27H30N6O3. The lowest BCUT2D eigenvalue weighted by Gasteiger charge is -2.28. The molecule has 0 bridgehead atoms. The van der Waals surface area contributed by atoms with Crippen LogP contribution in [-0.4, -0.2) is 59.2 Å². The molecule has 0 radical (unpaired) electrons. The van der Waals surface area contributed by atoms with Crippen molar-refractivity contribution in [1.29, 1.82) is 0 Å². The van der Waals surface area contributed by atoms with Crippen LogP contribution in [0.5, 0.6) is 5.75 Å². The van der Waals surface area contributed by atoms with Gasteiger partial charge in [-0.05, 0) is 47.9 Å². The normalized spacial score (nSPS) is 14.2. The van der Waals surface area contributed by atoms with Crippen LogP contribution in [0.1, 0.15) is 28.4 Å². The maximum Gasteiger partial charge on any atom is 0.252 e. The Labute approximate surface area is 209 Å². The number of aromatic amines is 1. The predicted octanol–water partition coefficient (Wildman–Crippen LogP) is 3.87. The third-order valence-corrected chi connectivity index (χ3v) is 6.53. The average molecular weight is 487 g/mol. The van der Waals surface area contributed by atoms with E-state index in [0.717, 1.165) is 56.3 Å². The minimum atomic E-state index is -0.560. The summed E-state index contributed by atoms with van der Waals surface area (Å²) in [4.78, 5) is 27.2. The minimum absolute atomic E-state index is 0.299. The number of hydrogen-bond acceptors (Lipinski definition) is 7. The van der Waals surface area contributed by atoms with E-state index in [2.05, 4.69) is 38.2 Å². The van der Waals surface area contributed by atoms with Crippen molar-refractivity contribution in [3.05, 3.63) is 65.4 Å². The first-order valence-corrected chi connectivity index (χ1v) is 12.1. The molecular weight excluding hydrogens is 456 g/mol. The Balaban J connectivity index is 1.54. The molecule has 186 valence electrons. The lowest BCUT2D eigenvalue weighted by atomic mass is 10.0. The van der Waals surface area contributed by atoms with E-state index in [1.807, 2.05) is 36.4 Å². The van der Waals surface area contributed by atoms with E-state index in [1.165, 1.54) is 17.3 Å². The molecule has 1 aliphatic rings. The fourth-order valence-electron chi connectivity index (χ4n) is 4.61. The predicted molar refractivity (Wildman–Crippen MR) is 140 cm³/mol. The number of imidazole rings is 1. The first-order valence-electron chi connectivity index (χ1n) is 12.1. The van der Waals surface area contributed by atoms with Crippen molar-refractivity contribution in [2.75, 3.05) is 38.7 Å². The molecule has 5 rings (SSSR count). The van der Waals surface area contributed by atoms with Crippen molar-refractivity contribution in [2.45, 2.75) is 19.9 Å². The summed E-state index contributed by atoms with van der Waals surface area (Å²) in [5, 5.41) is 3.50. The molecule has 0 atom stereocenters. The van der Waals surface area contributed by atoms with Crippen molar-refractivity contribution in [2.24, 2.45) is 5.73 Å². The zero-order chi connectivity index (χ0) is 25.1. The summed E-state index contributed by atoms with van der Waals surface area (Å²) in [5.74, 6) is 0.840. The molecule has 1 aliphatic heterocycles. The highest BCUT2D eigenvalue weighted by atomic mass is 16.5. The van der Waals surface area contributed by atoms with Gasteiger partial charge >= 0.3 is 0 Å². The molecule has 4 N–H and O–H groups in total. The van der Waals surface area contributed by atoms with E-state index in [9.17, 15) is 4.79 Å². The Morgan fingerprint density at radius 2 is 1.97 bits per heavy atom. The van der Waals surface area contributed by atoms with E-state index in [0.29, 0.717) is 28.2 Å². The fourth-order valence-corrected chi connectivity index (χ4v) is 4.61. The van der Waals surface area contributed by atoms with Crippen molar-refractivity contribution in [3.8, 4) is 17.1 Å². The first-order chi connectivity index (χ1) is 17.6. The molecule has 0 aliphatic carbocycles. The van der Waals surface area contributed by atoms with E-state index >= 15 is 0 Å². The first kappa shape index (κ1) is 23.8. The standard InChI is InChI=1S/C27H30N6O3/c1-3-20-18(16-33-11-13-36-14-12-33)5-4-6-22(20)30-23-21(25(28)34)15-29-27-24(23)31-26(32-27)17-7-9-19(35-2)10-8-17/h4-10,15H,3,11-14,16H2,1-2H3,(H2,28,34)(H2,29,30,31,32). The van der Waals surface area contributed by atoms with Crippen LogP contribution in [0.4, 0.5) is 11.4 Å². The topological polar surface area (TPSA) is 118 Å². The molecule has 2 aromatic carbocycles. The van der Waals surface area contributed by atoms with Gasteiger partial charge in [0, 0.05) is 37.1 Å². The van der Waals surface area contributed by atoms with Gasteiger partial charge in [-0.1, -0.05) is 19.1 Å². The molecule has 3 heterocycles. The molecule has 1 fully saturated rings. The van der Waals surface area contributed by atoms with Crippen LogP contribution in [0.15, 0.2) is 48.7 Å². The zero-order valence-corrected chi connectivity index (χ0v) is 20.5. The zero-order valence-electron chi connectivity index (χ0n) is 20.5. The van der Waals surface area contributed by atoms with Crippen LogP contribution < -0.4 is 15.8 Å². The molecule has 9 heteroatoms. The lowest BCUT2D eigenvalue weighted by Crippen LogP contribution is -2.35. The van der Waals surface area contributed by atoms with Gasteiger partial charge in [-0.15, -0.1) is 0 Å². The molecule has 0 spiro atoms. The molecule has 2 aromatic heterocycles. The smallest absolute Gasteiger partial charge is 0.252 e. The van der Waals surface area contributed by atoms with Gasteiger partial charge in [-0.2, -0.15) is 0 Å². The van der Waals surface area contributed by atoms with Gasteiger partial charge in [0.2, 0.25) is 0 Å². The minimum Gasteiger partial charge on any atom is -0.497 e. The number of rotatable bonds is 8. The summed E-state index contributed by atoms with van der Waals surface area (Å²) < 4.78 is 10.8. The number of ether oxygens (including phenoxy) is 2. The highest BCUT2D eigenvalue weighted by Crippen LogP contribution is 2.33.